The van der Waals surface area contributed by atoms with Gasteiger partial charge in [0.15, 0.2) is 0 Å². The molecule has 1 aromatic carbocycles. The minimum atomic E-state index is -0.375. The molecule has 0 aliphatic carbocycles. The van der Waals surface area contributed by atoms with Crippen LogP contribution in [0.5, 0.6) is 5.75 Å². The SMILES string of the molecule is CC(C)Oc1ccc(C(C)NC(=O)[C@@H]2CC[C@H](CN)O2)cc1.Cl. The third-order valence-corrected chi connectivity index (χ3v) is 3.77. The molecule has 0 aromatic heterocycles. The second kappa shape index (κ2) is 9.11. The van der Waals surface area contributed by atoms with Crippen LogP contribution < -0.4 is 15.8 Å². The maximum atomic E-state index is 12.2. The highest BCUT2D eigenvalue weighted by Crippen LogP contribution is 2.22. The van der Waals surface area contributed by atoms with E-state index in [-0.39, 0.29) is 42.7 Å². The van der Waals surface area contributed by atoms with Gasteiger partial charge in [0.1, 0.15) is 11.9 Å². The Hall–Kier alpha value is -1.30. The molecule has 3 N–H and O–H groups in total. The first kappa shape index (κ1) is 19.7. The molecule has 1 aliphatic heterocycles. The van der Waals surface area contributed by atoms with Gasteiger partial charge in [-0.2, -0.15) is 0 Å². The quantitative estimate of drug-likeness (QED) is 0.833. The van der Waals surface area contributed by atoms with Crippen molar-refractivity contribution in [2.45, 2.75) is 58.0 Å². The summed E-state index contributed by atoms with van der Waals surface area (Å²) in [7, 11) is 0. The number of benzene rings is 1. The Morgan fingerprint density at radius 3 is 2.48 bits per heavy atom. The zero-order valence-corrected chi connectivity index (χ0v) is 14.8. The van der Waals surface area contributed by atoms with Gasteiger partial charge in [-0.15, -0.1) is 12.4 Å². The van der Waals surface area contributed by atoms with Crippen molar-refractivity contribution in [2.24, 2.45) is 5.73 Å². The third kappa shape index (κ3) is 5.68. The average molecular weight is 343 g/mol. The van der Waals surface area contributed by atoms with Gasteiger partial charge in [-0.05, 0) is 51.3 Å². The number of carbonyl (C=O) groups excluding carboxylic acids is 1. The van der Waals surface area contributed by atoms with Gasteiger partial charge in [-0.1, -0.05) is 12.1 Å². The predicted octanol–water partition coefficient (Wildman–Crippen LogP) is 2.58. The monoisotopic (exact) mass is 342 g/mol. The van der Waals surface area contributed by atoms with Crippen LogP contribution in [0.3, 0.4) is 0 Å². The highest BCUT2D eigenvalue weighted by atomic mass is 35.5. The van der Waals surface area contributed by atoms with Gasteiger partial charge in [-0.3, -0.25) is 4.79 Å². The average Bonchev–Trinajstić information content (AvgIpc) is 2.96. The third-order valence-electron chi connectivity index (χ3n) is 3.77. The second-order valence-electron chi connectivity index (χ2n) is 6.03. The lowest BCUT2D eigenvalue weighted by atomic mass is 10.1. The topological polar surface area (TPSA) is 73.6 Å². The maximum absolute atomic E-state index is 12.2. The molecule has 1 heterocycles. The number of amides is 1. The molecule has 5 nitrogen and oxygen atoms in total. The molecule has 1 aliphatic rings. The van der Waals surface area contributed by atoms with E-state index >= 15 is 0 Å². The Morgan fingerprint density at radius 1 is 1.30 bits per heavy atom. The van der Waals surface area contributed by atoms with Gasteiger partial charge in [0.05, 0.1) is 18.2 Å². The van der Waals surface area contributed by atoms with Crippen LogP contribution in [0.25, 0.3) is 0 Å². The van der Waals surface area contributed by atoms with E-state index in [1.54, 1.807) is 0 Å². The molecule has 1 unspecified atom stereocenters. The number of carbonyl (C=O) groups is 1. The Morgan fingerprint density at radius 2 is 1.96 bits per heavy atom. The summed E-state index contributed by atoms with van der Waals surface area (Å²) in [5, 5.41) is 3.00. The van der Waals surface area contributed by atoms with Crippen molar-refractivity contribution in [3.63, 3.8) is 0 Å². The van der Waals surface area contributed by atoms with Gasteiger partial charge in [0.2, 0.25) is 5.91 Å². The minimum Gasteiger partial charge on any atom is -0.491 e. The Bertz CT molecular complexity index is 493. The maximum Gasteiger partial charge on any atom is 0.249 e. The number of nitrogens with one attached hydrogen (secondary N) is 1. The van der Waals surface area contributed by atoms with Crippen LogP contribution in [0.1, 0.15) is 45.2 Å². The van der Waals surface area contributed by atoms with Gasteiger partial charge in [0.25, 0.3) is 0 Å². The Balaban J connectivity index is 0.00000264. The number of nitrogens with two attached hydrogens (primary N) is 1. The molecule has 130 valence electrons. The van der Waals surface area contributed by atoms with Crippen LogP contribution in [-0.4, -0.2) is 30.8 Å². The number of ether oxygens (including phenoxy) is 2. The molecule has 3 atom stereocenters. The van der Waals surface area contributed by atoms with Crippen molar-refractivity contribution in [3.8, 4) is 5.75 Å². The van der Waals surface area contributed by atoms with E-state index in [0.717, 1.165) is 24.2 Å². The Labute approximate surface area is 144 Å². The van der Waals surface area contributed by atoms with Gasteiger partial charge >= 0.3 is 0 Å². The van der Waals surface area contributed by atoms with Crippen LogP contribution in [0.15, 0.2) is 24.3 Å². The standard InChI is InChI=1S/C17H26N2O3.ClH/c1-11(2)21-14-6-4-13(5-7-14)12(3)19-17(20)16-9-8-15(10-18)22-16;/h4-7,11-12,15-16H,8-10,18H2,1-3H3,(H,19,20);1H/t12?,15-,16+;/m1./s1. The number of halogens is 1. The lowest BCUT2D eigenvalue weighted by Crippen LogP contribution is -2.36. The lowest BCUT2D eigenvalue weighted by Gasteiger charge is -2.18. The fourth-order valence-electron chi connectivity index (χ4n) is 2.57. The van der Waals surface area contributed by atoms with Crippen molar-refractivity contribution in [1.29, 1.82) is 0 Å². The van der Waals surface area contributed by atoms with E-state index in [4.69, 9.17) is 15.2 Å². The summed E-state index contributed by atoms with van der Waals surface area (Å²) in [6.45, 7) is 6.42. The first-order chi connectivity index (χ1) is 10.5. The van der Waals surface area contributed by atoms with Crippen LogP contribution in [-0.2, 0) is 9.53 Å². The summed E-state index contributed by atoms with van der Waals surface area (Å²) in [6, 6.07) is 7.73. The minimum absolute atomic E-state index is 0. The first-order valence-electron chi connectivity index (χ1n) is 7.92. The first-order valence-corrected chi connectivity index (χ1v) is 7.92. The van der Waals surface area contributed by atoms with Crippen molar-refractivity contribution in [1.82, 2.24) is 5.32 Å². The van der Waals surface area contributed by atoms with Crippen LogP contribution >= 0.6 is 12.4 Å². The summed E-state index contributed by atoms with van der Waals surface area (Å²) < 4.78 is 11.2. The molecular weight excluding hydrogens is 316 g/mol. The summed E-state index contributed by atoms with van der Waals surface area (Å²) in [5.74, 6) is 0.771. The van der Waals surface area contributed by atoms with Gasteiger partial charge < -0.3 is 20.5 Å². The van der Waals surface area contributed by atoms with Crippen LogP contribution in [0.2, 0.25) is 0 Å². The van der Waals surface area contributed by atoms with E-state index in [2.05, 4.69) is 5.32 Å². The van der Waals surface area contributed by atoms with Crippen LogP contribution in [0.4, 0.5) is 0 Å². The lowest BCUT2D eigenvalue weighted by molar-refractivity contribution is -0.132. The number of hydrogen-bond acceptors (Lipinski definition) is 4. The predicted molar refractivity (Wildman–Crippen MR) is 93.0 cm³/mol. The molecule has 0 spiro atoms. The van der Waals surface area contributed by atoms with Crippen molar-refractivity contribution in [3.05, 3.63) is 29.8 Å². The Kier molecular flexibility index (Phi) is 7.82. The summed E-state index contributed by atoms with van der Waals surface area (Å²) >= 11 is 0. The van der Waals surface area contributed by atoms with E-state index in [0.29, 0.717) is 6.54 Å². The van der Waals surface area contributed by atoms with E-state index in [1.807, 2.05) is 45.0 Å². The summed E-state index contributed by atoms with van der Waals surface area (Å²) in [4.78, 5) is 12.2. The van der Waals surface area contributed by atoms with E-state index < -0.39 is 0 Å². The summed E-state index contributed by atoms with van der Waals surface area (Å²) in [5.41, 5.74) is 6.61. The molecule has 6 heteroatoms. The fraction of sp³-hybridized carbons (Fsp3) is 0.588. The molecule has 1 saturated heterocycles. The molecule has 2 rings (SSSR count). The molecule has 0 saturated carbocycles. The highest BCUT2D eigenvalue weighted by molar-refractivity contribution is 5.85. The molecule has 1 fully saturated rings. The molecule has 1 aromatic rings. The number of hydrogen-bond donors (Lipinski definition) is 2. The van der Waals surface area contributed by atoms with Crippen LogP contribution in [0, 0.1) is 0 Å². The largest absolute Gasteiger partial charge is 0.491 e. The van der Waals surface area contributed by atoms with E-state index in [9.17, 15) is 4.79 Å². The molecule has 0 radical (unpaired) electrons. The van der Waals surface area contributed by atoms with Gasteiger partial charge in [-0.25, -0.2) is 0 Å². The van der Waals surface area contributed by atoms with Crippen molar-refractivity contribution >= 4 is 18.3 Å². The zero-order valence-electron chi connectivity index (χ0n) is 14.0. The molecule has 23 heavy (non-hydrogen) atoms. The molecular formula is C17H27ClN2O3. The molecule has 0 bridgehead atoms. The highest BCUT2D eigenvalue weighted by Gasteiger charge is 2.30. The van der Waals surface area contributed by atoms with Crippen molar-refractivity contribution < 1.29 is 14.3 Å². The molecule has 1 amide bonds. The zero-order chi connectivity index (χ0) is 16.1. The number of rotatable bonds is 6. The van der Waals surface area contributed by atoms with Crippen molar-refractivity contribution in [2.75, 3.05) is 6.54 Å². The smallest absolute Gasteiger partial charge is 0.249 e. The fourth-order valence-corrected chi connectivity index (χ4v) is 2.57. The normalized spacial score (nSPS) is 21.6. The summed E-state index contributed by atoms with van der Waals surface area (Å²) in [6.07, 6.45) is 1.38. The van der Waals surface area contributed by atoms with Gasteiger partial charge in [0, 0.05) is 6.54 Å². The van der Waals surface area contributed by atoms with E-state index in [1.165, 1.54) is 0 Å². The second-order valence-corrected chi connectivity index (χ2v) is 6.03.